The van der Waals surface area contributed by atoms with Crippen molar-refractivity contribution in [3.8, 4) is 11.3 Å². The van der Waals surface area contributed by atoms with Crippen molar-refractivity contribution in [3.05, 3.63) is 107 Å². The Morgan fingerprint density at radius 2 is 1.79 bits per heavy atom. The Kier molecular flexibility index (Phi) is 5.77. The lowest BCUT2D eigenvalue weighted by Crippen LogP contribution is -2.21. The van der Waals surface area contributed by atoms with Gasteiger partial charge in [-0.25, -0.2) is 14.4 Å². The van der Waals surface area contributed by atoms with Gasteiger partial charge in [-0.1, -0.05) is 48.5 Å². The van der Waals surface area contributed by atoms with Crippen LogP contribution in [0, 0.1) is 5.82 Å². The predicted molar refractivity (Wildman–Crippen MR) is 129 cm³/mol. The van der Waals surface area contributed by atoms with Crippen LogP contribution in [-0.2, 0) is 24.1 Å². The van der Waals surface area contributed by atoms with E-state index in [1.54, 1.807) is 24.3 Å². The van der Waals surface area contributed by atoms with Gasteiger partial charge in [-0.2, -0.15) is 0 Å². The van der Waals surface area contributed by atoms with Gasteiger partial charge in [0.1, 0.15) is 17.6 Å². The second-order valence-corrected chi connectivity index (χ2v) is 8.33. The highest BCUT2D eigenvalue weighted by Gasteiger charge is 2.26. The number of fused-ring (bicyclic) bond motifs is 3. The first-order chi connectivity index (χ1) is 16.5. The number of aromatic nitrogens is 2. The van der Waals surface area contributed by atoms with Crippen LogP contribution in [0.2, 0.25) is 0 Å². The van der Waals surface area contributed by atoms with Crippen molar-refractivity contribution < 1.29 is 14.3 Å². The summed E-state index contributed by atoms with van der Waals surface area (Å²) in [6, 6.07) is 20.5. The Bertz CT molecular complexity index is 1360. The number of aliphatic hydroxyl groups is 1. The smallest absolute Gasteiger partial charge is 0.229 e. The summed E-state index contributed by atoms with van der Waals surface area (Å²) in [5.74, 6) is -0.465. The molecule has 1 heterocycles. The first kappa shape index (κ1) is 21.7. The van der Waals surface area contributed by atoms with Crippen LogP contribution < -0.4 is 11.1 Å². The van der Waals surface area contributed by atoms with E-state index in [9.17, 15) is 14.3 Å². The zero-order chi connectivity index (χ0) is 23.7. The number of nitrogens with two attached hydrogens (primary N) is 1. The minimum Gasteiger partial charge on any atom is -0.399 e. The Balaban J connectivity index is 1.54. The lowest BCUT2D eigenvalue weighted by molar-refractivity contribution is -0.115. The van der Waals surface area contributed by atoms with Gasteiger partial charge in [0.2, 0.25) is 5.91 Å². The molecule has 1 atom stereocenters. The van der Waals surface area contributed by atoms with Gasteiger partial charge >= 0.3 is 0 Å². The topological polar surface area (TPSA) is 101 Å². The maximum atomic E-state index is 13.2. The molecule has 0 saturated carbocycles. The van der Waals surface area contributed by atoms with Crippen LogP contribution in [0.4, 0.5) is 15.9 Å². The number of rotatable bonds is 5. The number of nitrogens with one attached hydrogen (secondary N) is 1. The van der Waals surface area contributed by atoms with Crippen molar-refractivity contribution in [2.45, 2.75) is 25.4 Å². The Labute approximate surface area is 196 Å². The quantitative estimate of drug-likeness (QED) is 0.392. The van der Waals surface area contributed by atoms with Crippen LogP contribution in [-0.4, -0.2) is 21.0 Å². The summed E-state index contributed by atoms with van der Waals surface area (Å²) in [5.41, 5.74) is 11.7. The van der Waals surface area contributed by atoms with Crippen molar-refractivity contribution in [1.29, 1.82) is 0 Å². The van der Waals surface area contributed by atoms with E-state index in [0.29, 0.717) is 28.9 Å². The van der Waals surface area contributed by atoms with E-state index in [1.807, 2.05) is 36.4 Å². The molecule has 6 nitrogen and oxygen atoms in total. The molecule has 3 aromatic carbocycles. The summed E-state index contributed by atoms with van der Waals surface area (Å²) in [7, 11) is 0. The highest BCUT2D eigenvalue weighted by molar-refractivity contribution is 5.92. The van der Waals surface area contributed by atoms with Gasteiger partial charge < -0.3 is 16.2 Å². The molecule has 5 rings (SSSR count). The van der Waals surface area contributed by atoms with Crippen LogP contribution in [0.15, 0.2) is 72.8 Å². The molecule has 0 bridgehead atoms. The van der Waals surface area contributed by atoms with Crippen molar-refractivity contribution in [3.63, 3.8) is 0 Å². The average Bonchev–Trinajstić information content (AvgIpc) is 2.85. The molecule has 1 aliphatic rings. The number of carbonyl (C=O) groups excluding carboxylic acids is 1. The summed E-state index contributed by atoms with van der Waals surface area (Å²) in [5, 5.41) is 14.0. The molecule has 0 spiro atoms. The first-order valence-electron chi connectivity index (χ1n) is 11.0. The number of hydrogen-bond acceptors (Lipinski definition) is 5. The van der Waals surface area contributed by atoms with E-state index in [-0.39, 0.29) is 29.7 Å². The minimum atomic E-state index is -1.08. The van der Waals surface area contributed by atoms with Gasteiger partial charge in [0.25, 0.3) is 0 Å². The first-order valence-corrected chi connectivity index (χ1v) is 11.0. The number of carbonyl (C=O) groups is 1. The van der Waals surface area contributed by atoms with Crippen LogP contribution in [0.25, 0.3) is 11.3 Å². The van der Waals surface area contributed by atoms with Gasteiger partial charge in [0, 0.05) is 11.3 Å². The average molecular weight is 455 g/mol. The maximum Gasteiger partial charge on any atom is 0.229 e. The number of anilines is 2. The van der Waals surface area contributed by atoms with Gasteiger partial charge in [-0.05, 0) is 53.8 Å². The van der Waals surface area contributed by atoms with E-state index >= 15 is 0 Å². The molecular weight excluding hydrogens is 431 g/mol. The van der Waals surface area contributed by atoms with Gasteiger partial charge in [-0.15, -0.1) is 0 Å². The largest absolute Gasteiger partial charge is 0.399 e. The molecule has 1 aromatic heterocycles. The molecule has 4 N–H and O–H groups in total. The molecule has 7 heteroatoms. The second-order valence-electron chi connectivity index (χ2n) is 8.33. The number of aliphatic hydroxyl groups excluding tert-OH is 1. The molecule has 34 heavy (non-hydrogen) atoms. The summed E-state index contributed by atoms with van der Waals surface area (Å²) in [6.07, 6.45) is 0.355. The van der Waals surface area contributed by atoms with Crippen LogP contribution in [0.3, 0.4) is 0 Å². The van der Waals surface area contributed by atoms with Gasteiger partial charge in [0.05, 0.1) is 17.8 Å². The minimum absolute atomic E-state index is 0.0437. The van der Waals surface area contributed by atoms with Gasteiger partial charge in [0.15, 0.2) is 5.82 Å². The standard InChI is InChI=1S/C27H23FN4O2/c28-19-9-6-16(7-10-19)14-23(33)31-27-25(26(34)17-4-2-1-3-5-17)32-24-21-12-11-20(29)15-18(21)8-13-22(24)30-27/h1-7,9-12,15,26,34H,8,13-14,29H2,(H,30,31,33). The Morgan fingerprint density at radius 1 is 1.03 bits per heavy atom. The summed E-state index contributed by atoms with van der Waals surface area (Å²) < 4.78 is 13.2. The third kappa shape index (κ3) is 4.38. The summed E-state index contributed by atoms with van der Waals surface area (Å²) in [6.45, 7) is 0. The molecule has 1 aliphatic carbocycles. The molecular formula is C27H23FN4O2. The number of halogens is 1. The van der Waals surface area contributed by atoms with Crippen LogP contribution in [0.5, 0.6) is 0 Å². The Hall–Kier alpha value is -4.10. The number of hydrogen-bond donors (Lipinski definition) is 3. The fourth-order valence-corrected chi connectivity index (χ4v) is 4.22. The molecule has 4 aromatic rings. The van der Waals surface area contributed by atoms with Crippen molar-refractivity contribution >= 4 is 17.4 Å². The summed E-state index contributed by atoms with van der Waals surface area (Å²) in [4.78, 5) is 22.4. The monoisotopic (exact) mass is 454 g/mol. The third-order valence-electron chi connectivity index (χ3n) is 5.92. The Morgan fingerprint density at radius 3 is 2.56 bits per heavy atom. The zero-order valence-corrected chi connectivity index (χ0v) is 18.3. The second kappa shape index (κ2) is 9.03. The highest BCUT2D eigenvalue weighted by Crippen LogP contribution is 2.36. The molecule has 1 amide bonds. The lowest BCUT2D eigenvalue weighted by Gasteiger charge is -2.23. The number of aryl methyl sites for hydroxylation is 2. The molecule has 0 radical (unpaired) electrons. The van der Waals surface area contributed by atoms with Crippen LogP contribution >= 0.6 is 0 Å². The number of nitrogen functional groups attached to an aromatic ring is 1. The van der Waals surface area contributed by atoms with E-state index in [1.165, 1.54) is 12.1 Å². The normalized spacial score (nSPS) is 13.0. The zero-order valence-electron chi connectivity index (χ0n) is 18.3. The maximum absolute atomic E-state index is 13.2. The third-order valence-corrected chi connectivity index (χ3v) is 5.92. The molecule has 0 saturated heterocycles. The number of amides is 1. The number of nitrogens with zero attached hydrogens (tertiary/aromatic N) is 2. The fraction of sp³-hybridized carbons (Fsp3) is 0.148. The van der Waals surface area contributed by atoms with Crippen LogP contribution in [0.1, 0.15) is 34.2 Å². The van der Waals surface area contributed by atoms with E-state index in [2.05, 4.69) is 5.32 Å². The highest BCUT2D eigenvalue weighted by atomic mass is 19.1. The molecule has 0 fully saturated rings. The van der Waals surface area contributed by atoms with Crippen molar-refractivity contribution in [2.24, 2.45) is 0 Å². The fourth-order valence-electron chi connectivity index (χ4n) is 4.22. The number of benzene rings is 3. The SMILES string of the molecule is Nc1ccc2c(c1)CCc1nc(NC(=O)Cc3ccc(F)cc3)c(C(O)c3ccccc3)nc1-2. The molecule has 170 valence electrons. The van der Waals surface area contributed by atoms with E-state index in [0.717, 1.165) is 23.2 Å². The predicted octanol–water partition coefficient (Wildman–Crippen LogP) is 4.23. The lowest BCUT2D eigenvalue weighted by atomic mass is 9.91. The molecule has 0 aliphatic heterocycles. The van der Waals surface area contributed by atoms with Crippen molar-refractivity contribution in [1.82, 2.24) is 9.97 Å². The summed E-state index contributed by atoms with van der Waals surface area (Å²) >= 11 is 0. The van der Waals surface area contributed by atoms with Crippen molar-refractivity contribution in [2.75, 3.05) is 11.1 Å². The van der Waals surface area contributed by atoms with E-state index in [4.69, 9.17) is 15.7 Å². The van der Waals surface area contributed by atoms with E-state index < -0.39 is 6.10 Å². The molecule has 1 unspecified atom stereocenters. The van der Waals surface area contributed by atoms with Gasteiger partial charge in [-0.3, -0.25) is 4.79 Å².